The Labute approximate surface area is 122 Å². The van der Waals surface area contributed by atoms with Crippen molar-refractivity contribution in [3.05, 3.63) is 35.6 Å². The van der Waals surface area contributed by atoms with Crippen molar-refractivity contribution in [1.82, 2.24) is 10.2 Å². The van der Waals surface area contributed by atoms with E-state index in [4.69, 9.17) is 0 Å². The number of rotatable bonds is 9. The molecule has 2 nitrogen and oxygen atoms in total. The summed E-state index contributed by atoms with van der Waals surface area (Å²) >= 11 is 0. The van der Waals surface area contributed by atoms with Crippen LogP contribution in [-0.2, 0) is 0 Å². The number of halogens is 1. The van der Waals surface area contributed by atoms with E-state index in [1.54, 1.807) is 6.07 Å². The summed E-state index contributed by atoms with van der Waals surface area (Å²) in [6, 6.07) is 8.09. The average molecular weight is 278 g/mol. The molecular formula is C17H27FN2. The predicted octanol–water partition coefficient (Wildman–Crippen LogP) is 3.74. The maximum absolute atomic E-state index is 13.4. The molecule has 0 aliphatic heterocycles. The molecule has 0 bridgehead atoms. The van der Waals surface area contributed by atoms with Gasteiger partial charge in [0.1, 0.15) is 5.82 Å². The second kappa shape index (κ2) is 7.75. The van der Waals surface area contributed by atoms with Crippen LogP contribution in [-0.4, -0.2) is 30.6 Å². The Kier molecular flexibility index (Phi) is 5.99. The van der Waals surface area contributed by atoms with E-state index < -0.39 is 0 Å². The van der Waals surface area contributed by atoms with Gasteiger partial charge in [0.2, 0.25) is 0 Å². The fourth-order valence-corrected chi connectivity index (χ4v) is 2.76. The van der Waals surface area contributed by atoms with Crippen molar-refractivity contribution < 1.29 is 4.39 Å². The summed E-state index contributed by atoms with van der Waals surface area (Å²) in [5.41, 5.74) is 1.07. The van der Waals surface area contributed by atoms with Gasteiger partial charge in [0.15, 0.2) is 0 Å². The first kappa shape index (κ1) is 15.5. The van der Waals surface area contributed by atoms with Crippen LogP contribution in [0.25, 0.3) is 0 Å². The van der Waals surface area contributed by atoms with Crippen LogP contribution >= 0.6 is 0 Å². The first-order chi connectivity index (χ1) is 9.74. The highest BCUT2D eigenvalue weighted by Gasteiger charge is 2.28. The zero-order chi connectivity index (χ0) is 14.4. The molecule has 0 spiro atoms. The molecule has 0 radical (unpaired) electrons. The smallest absolute Gasteiger partial charge is 0.123 e. The van der Waals surface area contributed by atoms with E-state index in [9.17, 15) is 4.39 Å². The van der Waals surface area contributed by atoms with E-state index in [-0.39, 0.29) is 11.9 Å². The van der Waals surface area contributed by atoms with E-state index in [0.29, 0.717) is 0 Å². The van der Waals surface area contributed by atoms with Crippen molar-refractivity contribution in [3.63, 3.8) is 0 Å². The molecule has 0 heterocycles. The van der Waals surface area contributed by atoms with Crippen molar-refractivity contribution in [1.29, 1.82) is 0 Å². The van der Waals surface area contributed by atoms with Crippen LogP contribution in [0.2, 0.25) is 0 Å². The molecule has 0 aromatic heterocycles. The van der Waals surface area contributed by atoms with Crippen molar-refractivity contribution in [2.75, 3.05) is 19.6 Å². The first-order valence-corrected chi connectivity index (χ1v) is 7.97. The Morgan fingerprint density at radius 3 is 2.75 bits per heavy atom. The molecule has 1 aromatic rings. The van der Waals surface area contributed by atoms with Crippen molar-refractivity contribution in [3.8, 4) is 0 Å². The Morgan fingerprint density at radius 2 is 2.15 bits per heavy atom. The lowest BCUT2D eigenvalue weighted by molar-refractivity contribution is 0.259. The van der Waals surface area contributed by atoms with Gasteiger partial charge in [-0.2, -0.15) is 0 Å². The largest absolute Gasteiger partial charge is 0.310 e. The summed E-state index contributed by atoms with van der Waals surface area (Å²) in [4.78, 5) is 2.56. The minimum atomic E-state index is -0.139. The molecule has 1 aromatic carbocycles. The van der Waals surface area contributed by atoms with Crippen LogP contribution < -0.4 is 5.32 Å². The van der Waals surface area contributed by atoms with Gasteiger partial charge in [-0.15, -0.1) is 0 Å². The van der Waals surface area contributed by atoms with Crippen LogP contribution in [0.15, 0.2) is 24.3 Å². The molecule has 2 rings (SSSR count). The summed E-state index contributed by atoms with van der Waals surface area (Å²) in [5.74, 6) is -0.139. The van der Waals surface area contributed by atoms with Gasteiger partial charge in [-0.25, -0.2) is 4.39 Å². The van der Waals surface area contributed by atoms with Crippen LogP contribution in [0.5, 0.6) is 0 Å². The molecule has 0 amide bonds. The second-order valence-electron chi connectivity index (χ2n) is 5.71. The molecular weight excluding hydrogens is 251 g/mol. The summed E-state index contributed by atoms with van der Waals surface area (Å²) in [7, 11) is 0. The van der Waals surface area contributed by atoms with Gasteiger partial charge in [0.25, 0.3) is 0 Å². The van der Waals surface area contributed by atoms with E-state index >= 15 is 0 Å². The van der Waals surface area contributed by atoms with E-state index in [1.807, 2.05) is 12.1 Å². The zero-order valence-electron chi connectivity index (χ0n) is 12.7. The highest BCUT2D eigenvalue weighted by atomic mass is 19.1. The van der Waals surface area contributed by atoms with E-state index in [0.717, 1.165) is 44.1 Å². The third-order valence-electron chi connectivity index (χ3n) is 4.07. The zero-order valence-corrected chi connectivity index (χ0v) is 12.7. The van der Waals surface area contributed by atoms with E-state index in [2.05, 4.69) is 24.1 Å². The lowest BCUT2D eigenvalue weighted by Gasteiger charge is -2.25. The van der Waals surface area contributed by atoms with Crippen molar-refractivity contribution in [2.45, 2.75) is 51.6 Å². The summed E-state index contributed by atoms with van der Waals surface area (Å²) in [5, 5.41) is 3.56. The summed E-state index contributed by atoms with van der Waals surface area (Å²) < 4.78 is 13.4. The standard InChI is InChI=1S/C17H27FN2/c1-3-11-19-17(14-6-5-7-15(18)13-14)10-12-20(4-2)16-8-9-16/h5-7,13,16-17,19H,3-4,8-12H2,1-2H3. The second-order valence-corrected chi connectivity index (χ2v) is 5.71. The lowest BCUT2D eigenvalue weighted by atomic mass is 10.0. The Hall–Kier alpha value is -0.930. The van der Waals surface area contributed by atoms with Crippen LogP contribution in [0.4, 0.5) is 4.39 Å². The topological polar surface area (TPSA) is 15.3 Å². The number of benzene rings is 1. The third kappa shape index (κ3) is 4.57. The van der Waals surface area contributed by atoms with Gasteiger partial charge < -0.3 is 10.2 Å². The van der Waals surface area contributed by atoms with Gasteiger partial charge in [-0.3, -0.25) is 0 Å². The van der Waals surface area contributed by atoms with Gasteiger partial charge in [-0.05, 0) is 56.5 Å². The molecule has 1 atom stereocenters. The Bertz CT molecular complexity index is 404. The molecule has 1 aliphatic carbocycles. The van der Waals surface area contributed by atoms with Gasteiger partial charge in [-0.1, -0.05) is 26.0 Å². The molecule has 0 saturated heterocycles. The molecule has 3 heteroatoms. The van der Waals surface area contributed by atoms with Crippen LogP contribution in [0.3, 0.4) is 0 Å². The van der Waals surface area contributed by atoms with Gasteiger partial charge in [0.05, 0.1) is 0 Å². The fraction of sp³-hybridized carbons (Fsp3) is 0.647. The summed E-state index contributed by atoms with van der Waals surface area (Å²) in [6.07, 6.45) is 4.85. The highest BCUT2D eigenvalue weighted by Crippen LogP contribution is 2.28. The number of nitrogens with zero attached hydrogens (tertiary/aromatic N) is 1. The highest BCUT2D eigenvalue weighted by molar-refractivity contribution is 5.20. The minimum Gasteiger partial charge on any atom is -0.310 e. The molecule has 20 heavy (non-hydrogen) atoms. The summed E-state index contributed by atoms with van der Waals surface area (Å²) in [6.45, 7) is 7.59. The van der Waals surface area contributed by atoms with Crippen molar-refractivity contribution in [2.24, 2.45) is 0 Å². The molecule has 1 N–H and O–H groups in total. The number of nitrogens with one attached hydrogen (secondary N) is 1. The Balaban J connectivity index is 1.95. The fourth-order valence-electron chi connectivity index (χ4n) is 2.76. The monoisotopic (exact) mass is 278 g/mol. The van der Waals surface area contributed by atoms with Gasteiger partial charge in [0, 0.05) is 18.6 Å². The predicted molar refractivity (Wildman–Crippen MR) is 82.3 cm³/mol. The molecule has 112 valence electrons. The quantitative estimate of drug-likeness (QED) is 0.740. The van der Waals surface area contributed by atoms with Crippen molar-refractivity contribution >= 4 is 0 Å². The lowest BCUT2D eigenvalue weighted by Crippen LogP contribution is -2.31. The Morgan fingerprint density at radius 1 is 1.35 bits per heavy atom. The normalized spacial score (nSPS) is 16.6. The van der Waals surface area contributed by atoms with Crippen LogP contribution in [0, 0.1) is 5.82 Å². The van der Waals surface area contributed by atoms with Gasteiger partial charge >= 0.3 is 0 Å². The first-order valence-electron chi connectivity index (χ1n) is 7.97. The van der Waals surface area contributed by atoms with E-state index in [1.165, 1.54) is 18.9 Å². The number of hydrogen-bond donors (Lipinski definition) is 1. The molecule has 1 fully saturated rings. The number of hydrogen-bond acceptors (Lipinski definition) is 2. The molecule has 1 unspecified atom stereocenters. The maximum atomic E-state index is 13.4. The minimum absolute atomic E-state index is 0.139. The molecule has 1 aliphatic rings. The average Bonchev–Trinajstić information content (AvgIpc) is 3.27. The maximum Gasteiger partial charge on any atom is 0.123 e. The third-order valence-corrected chi connectivity index (χ3v) is 4.07. The SMILES string of the molecule is CCCNC(CCN(CC)C1CC1)c1cccc(F)c1. The molecule has 1 saturated carbocycles. The van der Waals surface area contributed by atoms with Crippen LogP contribution in [0.1, 0.15) is 51.1 Å².